The highest BCUT2D eigenvalue weighted by molar-refractivity contribution is 7.11. The summed E-state index contributed by atoms with van der Waals surface area (Å²) in [6.07, 6.45) is 1.59. The number of halogens is 3. The van der Waals surface area contributed by atoms with Crippen LogP contribution < -0.4 is 5.32 Å². The lowest BCUT2D eigenvalue weighted by molar-refractivity contribution is -0.222. The van der Waals surface area contributed by atoms with Gasteiger partial charge in [-0.05, 0) is 57.4 Å². The molecule has 0 amide bonds. The zero-order chi connectivity index (χ0) is 37.4. The fourth-order valence-corrected chi connectivity index (χ4v) is 7.31. The number of carbonyl (C=O) groups excluding carboxylic acids is 2. The van der Waals surface area contributed by atoms with E-state index in [0.717, 1.165) is 10.6 Å². The Hall–Kier alpha value is -4.15. The fourth-order valence-electron chi connectivity index (χ4n) is 6.72. The lowest BCUT2D eigenvalue weighted by Crippen LogP contribution is -2.57. The van der Waals surface area contributed by atoms with Gasteiger partial charge in [0.15, 0.2) is 10.8 Å². The second kappa shape index (κ2) is 14.7. The summed E-state index contributed by atoms with van der Waals surface area (Å²) in [6, 6.07) is 10.2. The van der Waals surface area contributed by atoms with Gasteiger partial charge in [-0.3, -0.25) is 19.5 Å². The summed E-state index contributed by atoms with van der Waals surface area (Å²) in [5, 5.41) is 18.1. The highest BCUT2D eigenvalue weighted by Crippen LogP contribution is 2.44. The zero-order valence-electron chi connectivity index (χ0n) is 29.6. The van der Waals surface area contributed by atoms with E-state index in [4.69, 9.17) is 19.3 Å². The van der Waals surface area contributed by atoms with Crippen molar-refractivity contribution >= 4 is 29.1 Å². The Morgan fingerprint density at radius 1 is 1.13 bits per heavy atom. The van der Waals surface area contributed by atoms with E-state index in [1.807, 2.05) is 18.2 Å². The normalized spacial score (nSPS) is 23.1. The van der Waals surface area contributed by atoms with Crippen LogP contribution in [0.5, 0.6) is 0 Å². The number of aliphatic hydroxyl groups is 1. The van der Waals surface area contributed by atoms with Crippen molar-refractivity contribution in [2.24, 2.45) is 10.4 Å². The van der Waals surface area contributed by atoms with Crippen LogP contribution in [0.3, 0.4) is 0 Å². The van der Waals surface area contributed by atoms with Crippen molar-refractivity contribution < 1.29 is 42.2 Å². The molecule has 2 aromatic carbocycles. The minimum Gasteiger partial charge on any atom is -0.463 e. The Kier molecular flexibility index (Phi) is 10.6. The maximum Gasteiger partial charge on any atom is 0.338 e. The van der Waals surface area contributed by atoms with E-state index < -0.39 is 65.9 Å². The van der Waals surface area contributed by atoms with Crippen LogP contribution >= 0.6 is 11.3 Å². The van der Waals surface area contributed by atoms with E-state index in [1.165, 1.54) is 49.1 Å². The minimum atomic E-state index is -3.32. The average molecular weight is 742 g/mol. The number of rotatable bonds is 12. The zero-order valence-corrected chi connectivity index (χ0v) is 30.4. The quantitative estimate of drug-likeness (QED) is 0.247. The maximum absolute atomic E-state index is 16.1. The van der Waals surface area contributed by atoms with Gasteiger partial charge >= 0.3 is 11.9 Å². The number of thiazole rings is 1. The first-order valence-electron chi connectivity index (χ1n) is 17.0. The molecule has 0 spiro atoms. The van der Waals surface area contributed by atoms with E-state index in [1.54, 1.807) is 43.6 Å². The van der Waals surface area contributed by atoms with Crippen LogP contribution in [0.15, 0.2) is 76.4 Å². The molecule has 52 heavy (non-hydrogen) atoms. The first-order valence-corrected chi connectivity index (χ1v) is 17.9. The summed E-state index contributed by atoms with van der Waals surface area (Å²) in [5.74, 6) is -4.92. The monoisotopic (exact) mass is 741 g/mol. The molecule has 11 nitrogen and oxygen atoms in total. The van der Waals surface area contributed by atoms with Gasteiger partial charge in [-0.2, -0.15) is 5.06 Å². The molecule has 4 atom stereocenters. The smallest absolute Gasteiger partial charge is 0.338 e. The van der Waals surface area contributed by atoms with Crippen molar-refractivity contribution in [1.29, 1.82) is 0 Å². The van der Waals surface area contributed by atoms with Crippen LogP contribution in [0.2, 0.25) is 0 Å². The fraction of sp³-hybridized carbons (Fsp3) is 0.459. The topological polar surface area (TPSA) is 126 Å². The number of ether oxygens (including phenoxy) is 2. The van der Waals surface area contributed by atoms with E-state index in [0.29, 0.717) is 16.4 Å². The summed E-state index contributed by atoms with van der Waals surface area (Å²) in [7, 11) is 0. The van der Waals surface area contributed by atoms with Crippen LogP contribution in [0.25, 0.3) is 0 Å². The molecule has 0 saturated carbocycles. The number of fused-ring (bicyclic) bond motifs is 1. The van der Waals surface area contributed by atoms with Crippen molar-refractivity contribution in [3.05, 3.63) is 98.9 Å². The number of amidine groups is 1. The predicted octanol–water partition coefficient (Wildman–Crippen LogP) is 4.95. The van der Waals surface area contributed by atoms with Gasteiger partial charge in [0.25, 0.3) is 5.92 Å². The lowest BCUT2D eigenvalue weighted by atomic mass is 9.75. The minimum absolute atomic E-state index is 0.0105. The molecular formula is C37H42F3N5O6S. The molecule has 4 heterocycles. The van der Waals surface area contributed by atoms with Crippen LogP contribution in [0.1, 0.15) is 55.4 Å². The molecule has 2 N–H and O–H groups in total. The van der Waals surface area contributed by atoms with Crippen LogP contribution in [-0.2, 0) is 30.5 Å². The van der Waals surface area contributed by atoms with Crippen molar-refractivity contribution in [2.45, 2.75) is 70.9 Å². The molecule has 2 saturated heterocycles. The van der Waals surface area contributed by atoms with Gasteiger partial charge in [-0.25, -0.2) is 22.9 Å². The van der Waals surface area contributed by atoms with E-state index in [2.05, 4.69) is 10.3 Å². The predicted molar refractivity (Wildman–Crippen MR) is 187 cm³/mol. The third-order valence-corrected chi connectivity index (χ3v) is 10.9. The number of nitrogens with zero attached hydrogens (tertiary/aromatic N) is 4. The molecular weight excluding hydrogens is 699 g/mol. The van der Waals surface area contributed by atoms with Gasteiger partial charge < -0.3 is 19.9 Å². The Morgan fingerprint density at radius 2 is 1.88 bits per heavy atom. The largest absolute Gasteiger partial charge is 0.463 e. The van der Waals surface area contributed by atoms with E-state index in [-0.39, 0.29) is 43.2 Å². The number of hydrogen-bond donors (Lipinski definition) is 2. The highest BCUT2D eigenvalue weighted by Gasteiger charge is 2.62. The van der Waals surface area contributed by atoms with Gasteiger partial charge in [0, 0.05) is 23.8 Å². The highest BCUT2D eigenvalue weighted by atomic mass is 32.1. The molecule has 15 heteroatoms. The van der Waals surface area contributed by atoms with Crippen LogP contribution in [-0.4, -0.2) is 94.3 Å². The number of likely N-dealkylation sites (tertiary alicyclic amines) is 1. The second-order valence-corrected chi connectivity index (χ2v) is 14.8. The number of β-amino-alcohol motifs (C(OH)–C–C–N with tert-alkyl or cyclic N) is 1. The average Bonchev–Trinajstić information content (AvgIpc) is 3.84. The Bertz CT molecular complexity index is 1850. The number of esters is 2. The first-order chi connectivity index (χ1) is 24.6. The van der Waals surface area contributed by atoms with Crippen molar-refractivity contribution in [3.63, 3.8) is 0 Å². The summed E-state index contributed by atoms with van der Waals surface area (Å²) < 4.78 is 57.9. The van der Waals surface area contributed by atoms with Gasteiger partial charge in [-0.15, -0.1) is 11.3 Å². The van der Waals surface area contributed by atoms with Crippen molar-refractivity contribution in [3.8, 4) is 0 Å². The number of hydrogen-bond acceptors (Lipinski definition) is 12. The third kappa shape index (κ3) is 7.24. The number of benzene rings is 2. The molecule has 1 aromatic heterocycles. The number of hydroxylamine groups is 2. The number of aromatic nitrogens is 1. The Balaban J connectivity index is 1.27. The van der Waals surface area contributed by atoms with E-state index >= 15 is 8.78 Å². The molecule has 0 aliphatic carbocycles. The number of alkyl halides is 2. The van der Waals surface area contributed by atoms with Crippen molar-refractivity contribution in [1.82, 2.24) is 20.3 Å². The molecule has 3 aromatic rings. The lowest BCUT2D eigenvalue weighted by Gasteiger charge is -2.41. The molecule has 0 bridgehead atoms. The van der Waals surface area contributed by atoms with Gasteiger partial charge in [0.1, 0.15) is 24.5 Å². The Morgan fingerprint density at radius 3 is 2.58 bits per heavy atom. The summed E-state index contributed by atoms with van der Waals surface area (Å²) in [4.78, 5) is 43.3. The van der Waals surface area contributed by atoms with Crippen LogP contribution in [0, 0.1) is 18.2 Å². The number of carbonyl (C=O) groups is 2. The van der Waals surface area contributed by atoms with Gasteiger partial charge in [0.05, 0.1) is 48.9 Å². The summed E-state index contributed by atoms with van der Waals surface area (Å²) in [5.41, 5.74) is -1.56. The number of nitrogens with one attached hydrogen (secondary N) is 1. The molecule has 6 rings (SSSR count). The molecule has 0 radical (unpaired) electrons. The molecule has 3 aliphatic heterocycles. The van der Waals surface area contributed by atoms with Gasteiger partial charge in [-0.1, -0.05) is 42.5 Å². The maximum atomic E-state index is 16.1. The second-order valence-electron chi connectivity index (χ2n) is 13.9. The summed E-state index contributed by atoms with van der Waals surface area (Å²) in [6.45, 7) is 6.26. The molecule has 3 aliphatic rings. The summed E-state index contributed by atoms with van der Waals surface area (Å²) >= 11 is 1.29. The van der Waals surface area contributed by atoms with Crippen molar-refractivity contribution in [2.75, 3.05) is 32.8 Å². The Labute approximate surface area is 304 Å². The van der Waals surface area contributed by atoms with E-state index in [9.17, 15) is 19.1 Å². The molecule has 1 unspecified atom stereocenters. The van der Waals surface area contributed by atoms with Crippen LogP contribution in [0.4, 0.5) is 13.2 Å². The molecule has 2 fully saturated rings. The third-order valence-electron chi connectivity index (χ3n) is 10.2. The SMILES string of the molecule is CCOC(=O)C1=C(CN2CC(F)(F)[C@@H]3[C@H]2CON3CC(C)(O)C(C)(C)C(=O)OCc2ccccc2)NC(c2nccs2)=N[C@H]1c1cccc(F)c1C. The first kappa shape index (κ1) is 37.6. The van der Waals surface area contributed by atoms with Gasteiger partial charge in [0.2, 0.25) is 0 Å². The standard InChI is InChI=1S/C37H42F3N5O6S/c1-6-49-33(46)28-26(42-31(32-41-15-16-52-32)43-29(28)24-13-10-14-25(38)22(24)2)17-44-21-37(39,40)30-27(44)19-51-45(30)20-36(5,48)35(3,4)34(47)50-18-23-11-8-7-9-12-23/h7-16,27,29-30,48H,6,17-21H2,1-5H3,(H,42,43)/t27-,29+,30+,36?/m1/s1. The molecule has 278 valence electrons. The number of aliphatic imine (C=N–C) groups is 1.